The average molecular weight is 313 g/mol. The van der Waals surface area contributed by atoms with Crippen LogP contribution in [0.3, 0.4) is 0 Å². The molecule has 9 heteroatoms. The summed E-state index contributed by atoms with van der Waals surface area (Å²) < 4.78 is 39.8. The van der Waals surface area contributed by atoms with E-state index in [-0.39, 0.29) is 39.9 Å². The number of aromatic nitrogens is 2. The molecule has 0 bridgehead atoms. The third-order valence-electron chi connectivity index (χ3n) is 2.19. The maximum Gasteiger partial charge on any atom is 0.426 e. The van der Waals surface area contributed by atoms with Gasteiger partial charge in [0.05, 0.1) is 5.69 Å². The molecule has 0 unspecified atom stereocenters. The third kappa shape index (κ3) is 3.07. The van der Waals surface area contributed by atoms with Gasteiger partial charge < -0.3 is 5.11 Å². The molecule has 0 aliphatic heterocycles. The predicted octanol–water partition coefficient (Wildman–Crippen LogP) is 3.29. The lowest BCUT2D eigenvalue weighted by Gasteiger charge is -2.05. The number of carboxylic acids is 1. The molecule has 0 amide bonds. The molecule has 0 aliphatic rings. The van der Waals surface area contributed by atoms with E-state index in [2.05, 4.69) is 5.10 Å². The second kappa shape index (κ2) is 5.22. The largest absolute Gasteiger partial charge is 0.477 e. The van der Waals surface area contributed by atoms with Crippen LogP contribution in [0.4, 0.5) is 13.2 Å². The Morgan fingerprint density at radius 3 is 2.53 bits per heavy atom. The summed E-state index contributed by atoms with van der Waals surface area (Å²) >= 11 is 0.205. The Balaban J connectivity index is 0.00000180. The number of hydrogen-bond donors (Lipinski definition) is 1. The molecule has 2 rings (SSSR count). The fraction of sp³-hybridized carbons (Fsp3) is 0.200. The lowest BCUT2D eigenvalue weighted by molar-refractivity contribution is -0.133. The van der Waals surface area contributed by atoms with Crippen molar-refractivity contribution in [3.8, 4) is 11.3 Å². The van der Waals surface area contributed by atoms with Crippen molar-refractivity contribution in [1.29, 1.82) is 0 Å². The first-order valence-electron chi connectivity index (χ1n) is 4.73. The lowest BCUT2D eigenvalue weighted by Crippen LogP contribution is -2.03. The topological polar surface area (TPSA) is 55.1 Å². The molecule has 0 atom stereocenters. The Morgan fingerprint density at radius 2 is 2.11 bits per heavy atom. The summed E-state index contributed by atoms with van der Waals surface area (Å²) in [4.78, 5) is 9.44. The predicted molar refractivity (Wildman–Crippen MR) is 65.7 cm³/mol. The van der Waals surface area contributed by atoms with E-state index in [0.29, 0.717) is 0 Å². The van der Waals surface area contributed by atoms with Gasteiger partial charge in [-0.2, -0.15) is 18.3 Å². The Hall–Kier alpha value is -1.54. The van der Waals surface area contributed by atoms with Gasteiger partial charge in [0, 0.05) is 18.8 Å². The van der Waals surface area contributed by atoms with Gasteiger partial charge in [0.2, 0.25) is 0 Å². The zero-order valence-corrected chi connectivity index (χ0v) is 11.1. The molecule has 2 heterocycles. The number of hydrogen-bond acceptors (Lipinski definition) is 3. The van der Waals surface area contributed by atoms with Crippen molar-refractivity contribution in [3.05, 3.63) is 28.1 Å². The van der Waals surface area contributed by atoms with Crippen LogP contribution in [-0.2, 0) is 13.2 Å². The van der Waals surface area contributed by atoms with E-state index in [4.69, 9.17) is 5.11 Å². The minimum absolute atomic E-state index is 0. The van der Waals surface area contributed by atoms with Crippen molar-refractivity contribution in [2.45, 2.75) is 6.18 Å². The standard InChI is InChI=1S/C10H7F3N2O2S.ClH/c1-15-3-2-6(14-15)5-4-7(9(16)17)18-8(5)10(11,12)13;/h2-4H,1H3,(H,16,17);1H. The first-order chi connectivity index (χ1) is 8.29. The smallest absolute Gasteiger partial charge is 0.426 e. The van der Waals surface area contributed by atoms with Gasteiger partial charge in [-0.3, -0.25) is 4.68 Å². The van der Waals surface area contributed by atoms with E-state index in [1.807, 2.05) is 0 Å². The van der Waals surface area contributed by atoms with E-state index >= 15 is 0 Å². The highest BCUT2D eigenvalue weighted by Gasteiger charge is 2.37. The molecule has 0 aliphatic carbocycles. The zero-order chi connectivity index (χ0) is 13.5. The maximum atomic E-state index is 12.8. The molecule has 2 aromatic heterocycles. The summed E-state index contributed by atoms with van der Waals surface area (Å²) in [6.07, 6.45) is -3.10. The quantitative estimate of drug-likeness (QED) is 0.926. The maximum absolute atomic E-state index is 12.8. The van der Waals surface area contributed by atoms with Crippen LogP contribution in [0.5, 0.6) is 0 Å². The Morgan fingerprint density at radius 1 is 1.47 bits per heavy atom. The molecule has 0 saturated heterocycles. The Labute approximate surface area is 115 Å². The Kier molecular flexibility index (Phi) is 4.26. The fourth-order valence-electron chi connectivity index (χ4n) is 1.46. The fourth-order valence-corrected chi connectivity index (χ4v) is 2.33. The number of aromatic carboxylic acids is 1. The van der Waals surface area contributed by atoms with Gasteiger partial charge in [0.1, 0.15) is 9.75 Å². The normalized spacial score (nSPS) is 11.2. The highest BCUT2D eigenvalue weighted by atomic mass is 35.5. The summed E-state index contributed by atoms with van der Waals surface area (Å²) in [5.74, 6) is -1.38. The van der Waals surface area contributed by atoms with E-state index < -0.39 is 17.0 Å². The second-order valence-corrected chi connectivity index (χ2v) is 4.58. The van der Waals surface area contributed by atoms with Gasteiger partial charge >= 0.3 is 12.1 Å². The highest BCUT2D eigenvalue weighted by Crippen LogP contribution is 2.42. The first-order valence-corrected chi connectivity index (χ1v) is 5.55. The molecule has 0 fully saturated rings. The molecule has 4 nitrogen and oxygen atoms in total. The van der Waals surface area contributed by atoms with Crippen molar-refractivity contribution >= 4 is 29.7 Å². The van der Waals surface area contributed by atoms with Crippen molar-refractivity contribution < 1.29 is 23.1 Å². The van der Waals surface area contributed by atoms with E-state index in [1.165, 1.54) is 16.9 Å². The van der Waals surface area contributed by atoms with Gasteiger partial charge in [-0.1, -0.05) is 0 Å². The summed E-state index contributed by atoms with van der Waals surface area (Å²) in [6.45, 7) is 0. The monoisotopic (exact) mass is 312 g/mol. The molecule has 0 spiro atoms. The van der Waals surface area contributed by atoms with Crippen molar-refractivity contribution in [2.75, 3.05) is 0 Å². The van der Waals surface area contributed by atoms with Crippen LogP contribution in [-0.4, -0.2) is 20.9 Å². The molecular weight excluding hydrogens is 305 g/mol. The lowest BCUT2D eigenvalue weighted by atomic mass is 10.2. The molecule has 1 N–H and O–H groups in total. The summed E-state index contributed by atoms with van der Waals surface area (Å²) in [6, 6.07) is 2.40. The molecule has 0 aromatic carbocycles. The molecule has 19 heavy (non-hydrogen) atoms. The van der Waals surface area contributed by atoms with Crippen LogP contribution in [0.1, 0.15) is 14.5 Å². The Bertz CT molecular complexity index is 606. The number of nitrogens with zero attached hydrogens (tertiary/aromatic N) is 2. The SMILES string of the molecule is Cl.Cn1ccc(-c2cc(C(=O)O)sc2C(F)(F)F)n1. The number of thiophene rings is 1. The number of halogens is 4. The number of alkyl halides is 3. The van der Waals surface area contributed by atoms with Crippen LogP contribution in [0.15, 0.2) is 18.3 Å². The van der Waals surface area contributed by atoms with Crippen LogP contribution in [0.25, 0.3) is 11.3 Å². The van der Waals surface area contributed by atoms with E-state index in [0.717, 1.165) is 6.07 Å². The van der Waals surface area contributed by atoms with Crippen LogP contribution < -0.4 is 0 Å². The van der Waals surface area contributed by atoms with Gasteiger partial charge in [0.15, 0.2) is 0 Å². The minimum atomic E-state index is -4.59. The molecule has 2 aromatic rings. The van der Waals surface area contributed by atoms with E-state index in [1.54, 1.807) is 7.05 Å². The molecule has 0 radical (unpaired) electrons. The second-order valence-electron chi connectivity index (χ2n) is 3.53. The minimum Gasteiger partial charge on any atom is -0.477 e. The van der Waals surface area contributed by atoms with Crippen LogP contribution in [0.2, 0.25) is 0 Å². The zero-order valence-electron chi connectivity index (χ0n) is 9.43. The van der Waals surface area contributed by atoms with Crippen molar-refractivity contribution in [3.63, 3.8) is 0 Å². The molecule has 0 saturated carbocycles. The highest BCUT2D eigenvalue weighted by molar-refractivity contribution is 7.14. The van der Waals surface area contributed by atoms with Gasteiger partial charge in [0.25, 0.3) is 0 Å². The molecule has 104 valence electrons. The van der Waals surface area contributed by atoms with Gasteiger partial charge in [-0.15, -0.1) is 23.7 Å². The number of carboxylic acid groups (broad SMARTS) is 1. The van der Waals surface area contributed by atoms with Crippen molar-refractivity contribution in [1.82, 2.24) is 9.78 Å². The number of aryl methyl sites for hydroxylation is 1. The average Bonchev–Trinajstić information content (AvgIpc) is 2.81. The summed E-state index contributed by atoms with van der Waals surface area (Å²) in [7, 11) is 1.57. The van der Waals surface area contributed by atoms with Crippen molar-refractivity contribution in [2.24, 2.45) is 7.05 Å². The molecular formula is C10H8ClF3N2O2S. The number of rotatable bonds is 2. The summed E-state index contributed by atoms with van der Waals surface area (Å²) in [5, 5.41) is 12.6. The first kappa shape index (κ1) is 15.5. The summed E-state index contributed by atoms with van der Waals surface area (Å²) in [5.41, 5.74) is -0.0981. The van der Waals surface area contributed by atoms with Gasteiger partial charge in [-0.05, 0) is 12.1 Å². The third-order valence-corrected chi connectivity index (χ3v) is 3.36. The van der Waals surface area contributed by atoms with Gasteiger partial charge in [-0.25, -0.2) is 4.79 Å². The van der Waals surface area contributed by atoms with Crippen LogP contribution >= 0.6 is 23.7 Å². The van der Waals surface area contributed by atoms with E-state index in [9.17, 15) is 18.0 Å². The van der Waals surface area contributed by atoms with Crippen LogP contribution in [0, 0.1) is 0 Å². The number of carbonyl (C=O) groups is 1.